The van der Waals surface area contributed by atoms with Crippen LogP contribution in [0, 0.1) is 23.7 Å². The van der Waals surface area contributed by atoms with Crippen molar-refractivity contribution in [1.82, 2.24) is 5.32 Å². The van der Waals surface area contributed by atoms with Gasteiger partial charge in [0.25, 0.3) is 0 Å². The molecule has 1 N–H and O–H groups in total. The van der Waals surface area contributed by atoms with Crippen molar-refractivity contribution in [1.29, 1.82) is 0 Å². The summed E-state index contributed by atoms with van der Waals surface area (Å²) < 4.78 is 5.65. The van der Waals surface area contributed by atoms with Crippen LogP contribution in [0.5, 0.6) is 0 Å². The first-order chi connectivity index (χ1) is 7.69. The standard InChI is InChI=1S/C14H29NO/c1-5-16-10-14-8-12(11(2)3)6-7-13(14)9-15-4/h11-15H,5-10H2,1-4H3. The summed E-state index contributed by atoms with van der Waals surface area (Å²) in [5.74, 6) is 3.35. The van der Waals surface area contributed by atoms with Crippen molar-refractivity contribution in [2.75, 3.05) is 26.8 Å². The second-order valence-electron chi connectivity index (χ2n) is 5.55. The van der Waals surface area contributed by atoms with E-state index in [1.54, 1.807) is 0 Å². The SMILES string of the molecule is CCOCC1CC(C(C)C)CCC1CNC. The molecule has 3 unspecified atom stereocenters. The first kappa shape index (κ1) is 14.0. The summed E-state index contributed by atoms with van der Waals surface area (Å²) >= 11 is 0. The van der Waals surface area contributed by atoms with Gasteiger partial charge in [-0.25, -0.2) is 0 Å². The van der Waals surface area contributed by atoms with Gasteiger partial charge in [0.1, 0.15) is 0 Å². The van der Waals surface area contributed by atoms with Crippen LogP contribution in [-0.2, 0) is 4.74 Å². The fourth-order valence-corrected chi connectivity index (χ4v) is 2.97. The summed E-state index contributed by atoms with van der Waals surface area (Å²) in [5.41, 5.74) is 0. The Bertz CT molecular complexity index is 182. The van der Waals surface area contributed by atoms with Crippen LogP contribution in [-0.4, -0.2) is 26.8 Å². The Morgan fingerprint density at radius 3 is 2.56 bits per heavy atom. The Morgan fingerprint density at radius 2 is 2.00 bits per heavy atom. The minimum atomic E-state index is 0.772. The molecule has 0 saturated heterocycles. The predicted molar refractivity (Wildman–Crippen MR) is 69.6 cm³/mol. The number of nitrogens with one attached hydrogen (secondary N) is 1. The van der Waals surface area contributed by atoms with E-state index in [0.29, 0.717) is 0 Å². The summed E-state index contributed by atoms with van der Waals surface area (Å²) in [7, 11) is 2.06. The average molecular weight is 227 g/mol. The zero-order chi connectivity index (χ0) is 12.0. The van der Waals surface area contributed by atoms with Crippen LogP contribution in [0.4, 0.5) is 0 Å². The van der Waals surface area contributed by atoms with Crippen molar-refractivity contribution >= 4 is 0 Å². The van der Waals surface area contributed by atoms with Gasteiger partial charge in [0.2, 0.25) is 0 Å². The smallest absolute Gasteiger partial charge is 0.0497 e. The maximum Gasteiger partial charge on any atom is 0.0497 e. The summed E-state index contributed by atoms with van der Waals surface area (Å²) in [4.78, 5) is 0. The summed E-state index contributed by atoms with van der Waals surface area (Å²) in [6.45, 7) is 9.79. The highest BCUT2D eigenvalue weighted by Crippen LogP contribution is 2.37. The number of ether oxygens (including phenoxy) is 1. The molecule has 0 aromatic rings. The van der Waals surface area contributed by atoms with Crippen molar-refractivity contribution in [3.05, 3.63) is 0 Å². The summed E-state index contributed by atoms with van der Waals surface area (Å²) in [6, 6.07) is 0. The quantitative estimate of drug-likeness (QED) is 0.753. The minimum absolute atomic E-state index is 0.772. The lowest BCUT2D eigenvalue weighted by Crippen LogP contribution is -2.35. The second kappa shape index (κ2) is 7.29. The third-order valence-corrected chi connectivity index (χ3v) is 4.13. The zero-order valence-electron chi connectivity index (χ0n) is 11.5. The fraction of sp³-hybridized carbons (Fsp3) is 1.00. The fourth-order valence-electron chi connectivity index (χ4n) is 2.97. The number of rotatable bonds is 6. The van der Waals surface area contributed by atoms with Gasteiger partial charge in [-0.1, -0.05) is 13.8 Å². The first-order valence-corrected chi connectivity index (χ1v) is 6.91. The van der Waals surface area contributed by atoms with Gasteiger partial charge in [-0.05, 0) is 63.5 Å². The molecule has 96 valence electrons. The average Bonchev–Trinajstić information content (AvgIpc) is 2.27. The molecule has 0 radical (unpaired) electrons. The monoisotopic (exact) mass is 227 g/mol. The van der Waals surface area contributed by atoms with Crippen LogP contribution in [0.3, 0.4) is 0 Å². The summed E-state index contributed by atoms with van der Waals surface area (Å²) in [6.07, 6.45) is 4.15. The lowest BCUT2D eigenvalue weighted by atomic mass is 9.71. The largest absolute Gasteiger partial charge is 0.381 e. The van der Waals surface area contributed by atoms with E-state index in [1.807, 2.05) is 0 Å². The Hall–Kier alpha value is -0.0800. The highest BCUT2D eigenvalue weighted by Gasteiger charge is 2.31. The number of hydrogen-bond acceptors (Lipinski definition) is 2. The molecule has 1 fully saturated rings. The van der Waals surface area contributed by atoms with Gasteiger partial charge in [-0.15, -0.1) is 0 Å². The summed E-state index contributed by atoms with van der Waals surface area (Å²) in [5, 5.41) is 3.33. The molecule has 1 saturated carbocycles. The normalized spacial score (nSPS) is 30.9. The molecule has 1 aliphatic rings. The Balaban J connectivity index is 2.47. The van der Waals surface area contributed by atoms with E-state index in [4.69, 9.17) is 4.74 Å². The third kappa shape index (κ3) is 4.06. The van der Waals surface area contributed by atoms with Gasteiger partial charge >= 0.3 is 0 Å². The first-order valence-electron chi connectivity index (χ1n) is 6.91. The molecule has 0 aromatic carbocycles. The lowest BCUT2D eigenvalue weighted by molar-refractivity contribution is 0.0431. The van der Waals surface area contributed by atoms with Crippen LogP contribution in [0.1, 0.15) is 40.0 Å². The lowest BCUT2D eigenvalue weighted by Gasteiger charge is -2.37. The van der Waals surface area contributed by atoms with Gasteiger partial charge in [0.15, 0.2) is 0 Å². The predicted octanol–water partition coefficient (Wildman–Crippen LogP) is 2.93. The van der Waals surface area contributed by atoms with E-state index in [0.717, 1.165) is 43.4 Å². The van der Waals surface area contributed by atoms with Gasteiger partial charge < -0.3 is 10.1 Å². The molecule has 2 heteroatoms. The molecule has 0 spiro atoms. The van der Waals surface area contributed by atoms with Crippen molar-refractivity contribution in [2.45, 2.75) is 40.0 Å². The second-order valence-corrected chi connectivity index (χ2v) is 5.55. The molecule has 0 amide bonds. The maximum atomic E-state index is 5.65. The molecule has 0 heterocycles. The molecular weight excluding hydrogens is 198 g/mol. The van der Waals surface area contributed by atoms with Crippen molar-refractivity contribution in [3.8, 4) is 0 Å². The van der Waals surface area contributed by atoms with Gasteiger partial charge in [0, 0.05) is 13.2 Å². The van der Waals surface area contributed by atoms with E-state index in [2.05, 4.69) is 33.1 Å². The molecular formula is C14H29NO. The highest BCUT2D eigenvalue weighted by molar-refractivity contribution is 4.82. The van der Waals surface area contributed by atoms with Crippen molar-refractivity contribution in [2.24, 2.45) is 23.7 Å². The van der Waals surface area contributed by atoms with Crippen LogP contribution in [0.25, 0.3) is 0 Å². The number of hydrogen-bond donors (Lipinski definition) is 1. The Labute approximate surface area is 101 Å². The van der Waals surface area contributed by atoms with Crippen LogP contribution >= 0.6 is 0 Å². The van der Waals surface area contributed by atoms with E-state index >= 15 is 0 Å². The molecule has 16 heavy (non-hydrogen) atoms. The van der Waals surface area contributed by atoms with E-state index in [9.17, 15) is 0 Å². The maximum absolute atomic E-state index is 5.65. The molecule has 0 aromatic heterocycles. The third-order valence-electron chi connectivity index (χ3n) is 4.13. The van der Waals surface area contributed by atoms with Gasteiger partial charge in [-0.3, -0.25) is 0 Å². The Morgan fingerprint density at radius 1 is 1.25 bits per heavy atom. The van der Waals surface area contributed by atoms with Crippen LogP contribution in [0.2, 0.25) is 0 Å². The molecule has 3 atom stereocenters. The van der Waals surface area contributed by atoms with E-state index < -0.39 is 0 Å². The molecule has 2 nitrogen and oxygen atoms in total. The van der Waals surface area contributed by atoms with Gasteiger partial charge in [-0.2, -0.15) is 0 Å². The molecule has 1 rings (SSSR count). The topological polar surface area (TPSA) is 21.3 Å². The van der Waals surface area contributed by atoms with Crippen molar-refractivity contribution < 1.29 is 4.74 Å². The van der Waals surface area contributed by atoms with Crippen LogP contribution in [0.15, 0.2) is 0 Å². The zero-order valence-corrected chi connectivity index (χ0v) is 11.5. The van der Waals surface area contributed by atoms with Gasteiger partial charge in [0.05, 0.1) is 0 Å². The molecule has 0 bridgehead atoms. The van der Waals surface area contributed by atoms with Crippen molar-refractivity contribution in [3.63, 3.8) is 0 Å². The van der Waals surface area contributed by atoms with E-state index in [-0.39, 0.29) is 0 Å². The molecule has 1 aliphatic carbocycles. The Kier molecular flexibility index (Phi) is 6.37. The highest BCUT2D eigenvalue weighted by atomic mass is 16.5. The minimum Gasteiger partial charge on any atom is -0.381 e. The van der Waals surface area contributed by atoms with E-state index in [1.165, 1.54) is 19.3 Å². The molecule has 0 aliphatic heterocycles. The van der Waals surface area contributed by atoms with Crippen LogP contribution < -0.4 is 5.32 Å².